The Morgan fingerprint density at radius 2 is 1.57 bits per heavy atom. The number of fused-ring (bicyclic) bond motifs is 4. The van der Waals surface area contributed by atoms with E-state index in [2.05, 4.69) is 22.3 Å². The van der Waals surface area contributed by atoms with Crippen LogP contribution in [0.2, 0.25) is 0 Å². The zero-order valence-corrected chi connectivity index (χ0v) is 23.7. The Balaban J connectivity index is 1.46. The summed E-state index contributed by atoms with van der Waals surface area (Å²) in [5, 5.41) is 8.56. The molecule has 208 valence electrons. The van der Waals surface area contributed by atoms with Crippen molar-refractivity contribution in [3.05, 3.63) is 120 Å². The average molecular weight is 555 g/mol. The van der Waals surface area contributed by atoms with Crippen molar-refractivity contribution in [2.75, 3.05) is 23.9 Å². The number of hydrogen-bond donors (Lipinski definition) is 1. The first-order valence-corrected chi connectivity index (χ1v) is 14.0. The number of para-hydroxylation sites is 4. The van der Waals surface area contributed by atoms with E-state index >= 15 is 0 Å². The molecule has 0 saturated carbocycles. The van der Waals surface area contributed by atoms with Crippen LogP contribution in [0.1, 0.15) is 29.8 Å². The van der Waals surface area contributed by atoms with Gasteiger partial charge in [0.15, 0.2) is 17.5 Å². The van der Waals surface area contributed by atoms with Crippen molar-refractivity contribution < 1.29 is 9.47 Å². The molecule has 1 aromatic heterocycles. The number of benzene rings is 4. The lowest BCUT2D eigenvalue weighted by Gasteiger charge is -2.41. The molecule has 4 aromatic carbocycles. The molecule has 0 amide bonds. The normalized spacial score (nSPS) is 15.1. The maximum absolute atomic E-state index is 5.91. The van der Waals surface area contributed by atoms with Gasteiger partial charge in [-0.3, -0.25) is 0 Å². The van der Waals surface area contributed by atoms with E-state index in [1.807, 2.05) is 110 Å². The first kappa shape index (κ1) is 25.6. The molecule has 1 N–H and O–H groups in total. The number of nitrogens with one attached hydrogen (secondary N) is 1. The van der Waals surface area contributed by atoms with Crippen molar-refractivity contribution >= 4 is 34.6 Å². The fourth-order valence-corrected chi connectivity index (χ4v) is 5.67. The Morgan fingerprint density at radius 1 is 0.833 bits per heavy atom. The number of aliphatic imine (C=N–C) groups is 2. The van der Waals surface area contributed by atoms with Crippen molar-refractivity contribution in [2.45, 2.75) is 19.9 Å². The summed E-state index contributed by atoms with van der Waals surface area (Å²) in [6, 6.07) is 34.0. The highest BCUT2D eigenvalue weighted by Gasteiger charge is 2.42. The van der Waals surface area contributed by atoms with Crippen molar-refractivity contribution in [3.8, 4) is 17.2 Å². The van der Waals surface area contributed by atoms with E-state index in [1.54, 1.807) is 7.11 Å². The van der Waals surface area contributed by atoms with Crippen LogP contribution >= 0.6 is 0 Å². The van der Waals surface area contributed by atoms with Gasteiger partial charge in [-0.05, 0) is 68.4 Å². The Morgan fingerprint density at radius 3 is 2.36 bits per heavy atom. The van der Waals surface area contributed by atoms with E-state index in [0.717, 1.165) is 56.9 Å². The molecule has 8 nitrogen and oxygen atoms in total. The maximum Gasteiger partial charge on any atom is 0.179 e. The van der Waals surface area contributed by atoms with E-state index < -0.39 is 0 Å². The highest BCUT2D eigenvalue weighted by Crippen LogP contribution is 2.49. The third-order valence-corrected chi connectivity index (χ3v) is 7.50. The second-order valence-corrected chi connectivity index (χ2v) is 10.1. The number of nitrogens with zero attached hydrogens (tertiary/aromatic N) is 5. The van der Waals surface area contributed by atoms with Gasteiger partial charge in [-0.15, -0.1) is 0 Å². The first-order valence-electron chi connectivity index (χ1n) is 14.0. The number of aryl methyl sites for hydroxylation is 1. The summed E-state index contributed by atoms with van der Waals surface area (Å²) < 4.78 is 13.5. The van der Waals surface area contributed by atoms with E-state index in [-0.39, 0.29) is 6.04 Å². The first-order chi connectivity index (χ1) is 20.7. The molecule has 0 fully saturated rings. The Bertz CT molecular complexity index is 1830. The minimum Gasteiger partial charge on any atom is -0.496 e. The SMILES string of the molecule is CCOc1ccc(NC2=Nc3ccccc3N3C2=Nc2c(c(C)nn2-c2ccccc2)C3c2ccccc2OC)cc1. The highest BCUT2D eigenvalue weighted by molar-refractivity contribution is 6.51. The lowest BCUT2D eigenvalue weighted by molar-refractivity contribution is 0.340. The number of rotatable bonds is 6. The van der Waals surface area contributed by atoms with Crippen LogP contribution in [0.25, 0.3) is 5.69 Å². The molecule has 0 saturated heterocycles. The molecule has 0 radical (unpaired) electrons. The molecule has 8 heteroatoms. The molecule has 42 heavy (non-hydrogen) atoms. The maximum atomic E-state index is 5.91. The number of hydrogen-bond acceptors (Lipinski definition) is 7. The highest BCUT2D eigenvalue weighted by atomic mass is 16.5. The molecule has 2 aliphatic heterocycles. The summed E-state index contributed by atoms with van der Waals surface area (Å²) >= 11 is 0. The summed E-state index contributed by atoms with van der Waals surface area (Å²) in [5.74, 6) is 3.72. The minimum absolute atomic E-state index is 0.269. The van der Waals surface area contributed by atoms with Gasteiger partial charge in [0.05, 0.1) is 42.5 Å². The van der Waals surface area contributed by atoms with Gasteiger partial charge >= 0.3 is 0 Å². The van der Waals surface area contributed by atoms with Crippen molar-refractivity contribution in [2.24, 2.45) is 9.98 Å². The summed E-state index contributed by atoms with van der Waals surface area (Å²) in [6.07, 6.45) is 0. The van der Waals surface area contributed by atoms with Crippen LogP contribution in [0.5, 0.6) is 11.5 Å². The number of aromatic nitrogens is 2. The van der Waals surface area contributed by atoms with E-state index in [9.17, 15) is 0 Å². The Kier molecular flexibility index (Phi) is 6.43. The summed E-state index contributed by atoms with van der Waals surface area (Å²) in [5.41, 5.74) is 6.56. The van der Waals surface area contributed by atoms with Crippen molar-refractivity contribution in [1.29, 1.82) is 0 Å². The summed E-state index contributed by atoms with van der Waals surface area (Å²) in [4.78, 5) is 12.6. The third kappa shape index (κ3) is 4.28. The number of anilines is 2. The molecule has 1 unspecified atom stereocenters. The number of ether oxygens (including phenoxy) is 2. The topological polar surface area (TPSA) is 76.3 Å². The van der Waals surface area contributed by atoms with Crippen LogP contribution in [-0.2, 0) is 0 Å². The third-order valence-electron chi connectivity index (χ3n) is 7.50. The minimum atomic E-state index is -0.269. The predicted octanol–water partition coefficient (Wildman–Crippen LogP) is 7.38. The smallest absolute Gasteiger partial charge is 0.179 e. The van der Waals surface area contributed by atoms with Crippen LogP contribution in [0.4, 0.5) is 22.9 Å². The Hall–Kier alpha value is -5.37. The van der Waals surface area contributed by atoms with E-state index in [0.29, 0.717) is 18.3 Å². The second kappa shape index (κ2) is 10.6. The molecule has 1 atom stereocenters. The van der Waals surface area contributed by atoms with Gasteiger partial charge in [0.1, 0.15) is 11.5 Å². The quantitative estimate of drug-likeness (QED) is 0.237. The van der Waals surface area contributed by atoms with Gasteiger partial charge in [-0.2, -0.15) is 5.10 Å². The van der Waals surface area contributed by atoms with E-state index in [1.165, 1.54) is 0 Å². The van der Waals surface area contributed by atoms with Crippen LogP contribution in [-0.4, -0.2) is 35.2 Å². The molecule has 7 rings (SSSR count). The largest absolute Gasteiger partial charge is 0.496 e. The second-order valence-electron chi connectivity index (χ2n) is 10.1. The van der Waals surface area contributed by atoms with Crippen LogP contribution in [0.15, 0.2) is 113 Å². The fraction of sp³-hybridized carbons (Fsp3) is 0.147. The number of methoxy groups -OCH3 is 1. The van der Waals surface area contributed by atoms with Gasteiger partial charge in [-0.25, -0.2) is 14.7 Å². The molecular formula is C34H30N6O2. The molecule has 0 spiro atoms. The van der Waals surface area contributed by atoms with Crippen LogP contribution < -0.4 is 19.7 Å². The van der Waals surface area contributed by atoms with Gasteiger partial charge < -0.3 is 19.7 Å². The molecule has 0 aliphatic carbocycles. The number of amidine groups is 2. The zero-order valence-electron chi connectivity index (χ0n) is 23.7. The van der Waals surface area contributed by atoms with Gasteiger partial charge in [0, 0.05) is 16.8 Å². The van der Waals surface area contributed by atoms with Crippen LogP contribution in [0, 0.1) is 6.92 Å². The Labute approximate surface area is 244 Å². The fourth-order valence-electron chi connectivity index (χ4n) is 5.67. The lowest BCUT2D eigenvalue weighted by Crippen LogP contribution is -2.46. The molecule has 0 bridgehead atoms. The van der Waals surface area contributed by atoms with Crippen molar-refractivity contribution in [1.82, 2.24) is 9.78 Å². The zero-order chi connectivity index (χ0) is 28.6. The van der Waals surface area contributed by atoms with Crippen molar-refractivity contribution in [3.63, 3.8) is 0 Å². The van der Waals surface area contributed by atoms with E-state index in [4.69, 9.17) is 24.6 Å². The molecular weight excluding hydrogens is 524 g/mol. The monoisotopic (exact) mass is 554 g/mol. The van der Waals surface area contributed by atoms with Crippen LogP contribution in [0.3, 0.4) is 0 Å². The standard InChI is InChI=1S/C34H30N6O2/c1-4-42-25-20-18-23(19-21-25)35-32-34-37-33-30(22(2)38-40(33)24-12-6-5-7-13-24)31(26-14-8-11-17-29(26)41-3)39(34)28-16-10-9-15-27(28)36-32/h5-21,31H,4H2,1-3H3,(H,35,36). The average Bonchev–Trinajstić information content (AvgIpc) is 3.37. The summed E-state index contributed by atoms with van der Waals surface area (Å²) in [6.45, 7) is 4.64. The predicted molar refractivity (Wildman–Crippen MR) is 167 cm³/mol. The van der Waals surface area contributed by atoms with Gasteiger partial charge in [-0.1, -0.05) is 48.5 Å². The molecule has 5 aromatic rings. The van der Waals surface area contributed by atoms with Gasteiger partial charge in [0.25, 0.3) is 0 Å². The lowest BCUT2D eigenvalue weighted by atomic mass is 9.92. The molecule has 3 heterocycles. The summed E-state index contributed by atoms with van der Waals surface area (Å²) in [7, 11) is 1.71. The van der Waals surface area contributed by atoms with Gasteiger partial charge in [0.2, 0.25) is 0 Å². The molecule has 2 aliphatic rings.